The van der Waals surface area contributed by atoms with E-state index in [0.29, 0.717) is 30.1 Å². The van der Waals surface area contributed by atoms with Gasteiger partial charge >= 0.3 is 0 Å². The Hall–Kier alpha value is -4.30. The van der Waals surface area contributed by atoms with E-state index in [1.165, 1.54) is 0 Å². The first-order valence-electron chi connectivity index (χ1n) is 13.4. The fourth-order valence-corrected chi connectivity index (χ4v) is 5.14. The zero-order valence-electron chi connectivity index (χ0n) is 22.2. The number of carbonyl (C=O) groups excluding carboxylic acids is 1. The average Bonchev–Trinajstić information content (AvgIpc) is 3.22. The maximum absolute atomic E-state index is 13.6. The van der Waals surface area contributed by atoms with E-state index in [2.05, 4.69) is 5.32 Å². The number of ether oxygens (including phenoxy) is 2. The molecule has 0 spiro atoms. The molecule has 0 unspecified atom stereocenters. The number of para-hydroxylation sites is 1. The lowest BCUT2D eigenvalue weighted by Gasteiger charge is -2.27. The van der Waals surface area contributed by atoms with Gasteiger partial charge in [-0.05, 0) is 80.6 Å². The molecule has 1 aromatic heterocycles. The van der Waals surface area contributed by atoms with Crippen molar-refractivity contribution in [2.75, 3.05) is 12.3 Å². The average molecular weight is 526 g/mol. The highest BCUT2D eigenvalue weighted by Gasteiger charge is 2.26. The van der Waals surface area contributed by atoms with E-state index in [1.54, 1.807) is 6.07 Å². The van der Waals surface area contributed by atoms with Crippen molar-refractivity contribution in [2.45, 2.75) is 51.2 Å². The summed E-state index contributed by atoms with van der Waals surface area (Å²) in [6, 6.07) is 23.2. The first kappa shape index (κ1) is 26.3. The number of nitrogens with two attached hydrogens (primary N) is 2. The summed E-state index contributed by atoms with van der Waals surface area (Å²) in [4.78, 5) is 13.6. The molecule has 1 aliphatic rings. The van der Waals surface area contributed by atoms with E-state index in [-0.39, 0.29) is 23.9 Å². The normalized spacial score (nSPS) is 17.1. The lowest BCUT2D eigenvalue weighted by atomic mass is 9.92. The van der Waals surface area contributed by atoms with Crippen LogP contribution in [-0.4, -0.2) is 35.1 Å². The van der Waals surface area contributed by atoms with E-state index in [4.69, 9.17) is 26.4 Å². The Balaban J connectivity index is 1.48. The molecule has 3 aromatic carbocycles. The van der Waals surface area contributed by atoms with Crippen LogP contribution in [0.2, 0.25) is 0 Å². The Labute approximate surface area is 228 Å². The third-order valence-corrected chi connectivity index (χ3v) is 7.22. The Morgan fingerprint density at radius 3 is 2.38 bits per heavy atom. The summed E-state index contributed by atoms with van der Waals surface area (Å²) in [6.45, 7) is 2.67. The van der Waals surface area contributed by atoms with Crippen LogP contribution in [0.25, 0.3) is 10.9 Å². The Morgan fingerprint density at radius 2 is 1.69 bits per heavy atom. The molecule has 202 valence electrons. The minimum atomic E-state index is -0.199. The Bertz CT molecular complexity index is 1460. The zero-order chi connectivity index (χ0) is 27.4. The summed E-state index contributed by atoms with van der Waals surface area (Å²) in [5.41, 5.74) is 15.9. The molecule has 0 radical (unpaired) electrons. The van der Waals surface area contributed by atoms with Crippen LogP contribution in [0, 0.1) is 5.41 Å². The molecular weight excluding hydrogens is 490 g/mol. The van der Waals surface area contributed by atoms with E-state index in [1.807, 2.05) is 78.2 Å². The van der Waals surface area contributed by atoms with Crippen LogP contribution >= 0.6 is 0 Å². The summed E-state index contributed by atoms with van der Waals surface area (Å²) in [5.74, 6) is 1.37. The molecule has 0 saturated heterocycles. The number of amides is 1. The van der Waals surface area contributed by atoms with Gasteiger partial charge in [-0.15, -0.1) is 0 Å². The van der Waals surface area contributed by atoms with Gasteiger partial charge in [0.25, 0.3) is 5.91 Å². The van der Waals surface area contributed by atoms with Crippen LogP contribution in [0.3, 0.4) is 0 Å². The lowest BCUT2D eigenvalue weighted by Crippen LogP contribution is -2.41. The highest BCUT2D eigenvalue weighted by atomic mass is 16.5. The summed E-state index contributed by atoms with van der Waals surface area (Å²) in [7, 11) is 0. The highest BCUT2D eigenvalue weighted by Crippen LogP contribution is 2.32. The maximum atomic E-state index is 13.6. The quantitative estimate of drug-likeness (QED) is 0.180. The number of hydrogen-bond donors (Lipinski definition) is 4. The molecular formula is C31H35N5O3. The standard InChI is InChI=1S/C31H35N5O3/c1-2-38-30(34)21-10-17-26-27(18-21)36(29(28(26)33)31(37)35-23-13-11-22(32)12-14-23)19-20-8-15-25(16-9-20)39-24-6-4-3-5-7-24/h3-10,15-18,22-23,34H,2,11-14,19,32-33H2,1H3,(H,35,37)/t22-,23-. The second-order valence-electron chi connectivity index (χ2n) is 9.99. The molecule has 1 fully saturated rings. The minimum absolute atomic E-state index is 0.0688. The fourth-order valence-electron chi connectivity index (χ4n) is 5.14. The number of anilines is 1. The largest absolute Gasteiger partial charge is 0.478 e. The molecule has 0 bridgehead atoms. The number of nitrogens with zero attached hydrogens (tertiary/aromatic N) is 1. The van der Waals surface area contributed by atoms with Crippen molar-refractivity contribution < 1.29 is 14.3 Å². The molecule has 1 saturated carbocycles. The fraction of sp³-hybridized carbons (Fsp3) is 0.290. The number of aromatic nitrogens is 1. The van der Waals surface area contributed by atoms with Gasteiger partial charge in [0, 0.05) is 29.6 Å². The maximum Gasteiger partial charge on any atom is 0.270 e. The van der Waals surface area contributed by atoms with Gasteiger partial charge in [-0.25, -0.2) is 0 Å². The van der Waals surface area contributed by atoms with Crippen LogP contribution in [0.15, 0.2) is 72.8 Å². The van der Waals surface area contributed by atoms with Crippen molar-refractivity contribution in [3.8, 4) is 11.5 Å². The number of benzene rings is 3. The SMILES string of the molecule is CCOC(=N)c1ccc2c(N)c(C(=O)N[C@H]3CC[C@H](N)CC3)n(Cc3ccc(Oc4ccccc4)cc3)c2c1. The summed E-state index contributed by atoms with van der Waals surface area (Å²) in [5, 5.41) is 12.2. The smallest absolute Gasteiger partial charge is 0.270 e. The number of nitrogen functional groups attached to an aromatic ring is 1. The predicted molar refractivity (Wildman–Crippen MR) is 155 cm³/mol. The number of carbonyl (C=O) groups is 1. The van der Waals surface area contributed by atoms with Gasteiger partial charge < -0.3 is 30.8 Å². The lowest BCUT2D eigenvalue weighted by molar-refractivity contribution is 0.0918. The van der Waals surface area contributed by atoms with Crippen LogP contribution < -0.4 is 21.5 Å². The van der Waals surface area contributed by atoms with Gasteiger partial charge in [0.1, 0.15) is 17.2 Å². The predicted octanol–water partition coefficient (Wildman–Crippen LogP) is 5.43. The van der Waals surface area contributed by atoms with Crippen molar-refractivity contribution in [3.05, 3.63) is 89.6 Å². The molecule has 6 N–H and O–H groups in total. The summed E-state index contributed by atoms with van der Waals surface area (Å²) >= 11 is 0. The molecule has 1 heterocycles. The third-order valence-electron chi connectivity index (χ3n) is 7.22. The molecule has 1 aliphatic carbocycles. The first-order valence-corrected chi connectivity index (χ1v) is 13.4. The molecule has 8 heteroatoms. The van der Waals surface area contributed by atoms with Crippen molar-refractivity contribution in [2.24, 2.45) is 5.73 Å². The van der Waals surface area contributed by atoms with Crippen LogP contribution in [0.5, 0.6) is 11.5 Å². The Kier molecular flexibility index (Phi) is 7.84. The Morgan fingerprint density at radius 1 is 1.00 bits per heavy atom. The molecule has 0 aliphatic heterocycles. The van der Waals surface area contributed by atoms with Gasteiger partial charge in [-0.1, -0.05) is 30.3 Å². The molecule has 39 heavy (non-hydrogen) atoms. The summed E-state index contributed by atoms with van der Waals surface area (Å²) < 4.78 is 13.3. The topological polar surface area (TPSA) is 128 Å². The van der Waals surface area contributed by atoms with Crippen LogP contribution in [0.4, 0.5) is 5.69 Å². The van der Waals surface area contributed by atoms with Crippen molar-refractivity contribution in [1.82, 2.24) is 9.88 Å². The number of fused-ring (bicyclic) bond motifs is 1. The van der Waals surface area contributed by atoms with Crippen LogP contribution in [-0.2, 0) is 11.3 Å². The van der Waals surface area contributed by atoms with Crippen molar-refractivity contribution >= 4 is 28.4 Å². The van der Waals surface area contributed by atoms with Gasteiger partial charge in [0.2, 0.25) is 5.90 Å². The second kappa shape index (κ2) is 11.6. The zero-order valence-corrected chi connectivity index (χ0v) is 22.2. The minimum Gasteiger partial charge on any atom is -0.478 e. The van der Waals surface area contributed by atoms with Crippen molar-refractivity contribution in [1.29, 1.82) is 5.41 Å². The van der Waals surface area contributed by atoms with E-state index in [9.17, 15) is 4.79 Å². The third kappa shape index (κ3) is 5.91. The van der Waals surface area contributed by atoms with E-state index >= 15 is 0 Å². The highest BCUT2D eigenvalue weighted by molar-refractivity contribution is 6.09. The molecule has 1 amide bonds. The molecule has 5 rings (SSSR count). The van der Waals surface area contributed by atoms with Gasteiger partial charge in [-0.2, -0.15) is 0 Å². The first-order chi connectivity index (χ1) is 18.9. The molecule has 4 aromatic rings. The second-order valence-corrected chi connectivity index (χ2v) is 9.99. The van der Waals surface area contributed by atoms with Gasteiger partial charge in [0.05, 0.1) is 17.8 Å². The van der Waals surface area contributed by atoms with Crippen LogP contribution in [0.1, 0.15) is 54.2 Å². The van der Waals surface area contributed by atoms with Gasteiger partial charge in [-0.3, -0.25) is 10.2 Å². The number of hydrogen-bond acceptors (Lipinski definition) is 6. The van der Waals surface area contributed by atoms with E-state index in [0.717, 1.165) is 53.6 Å². The van der Waals surface area contributed by atoms with Gasteiger partial charge in [0.15, 0.2) is 0 Å². The monoisotopic (exact) mass is 525 g/mol. The van der Waals surface area contributed by atoms with E-state index < -0.39 is 0 Å². The van der Waals surface area contributed by atoms with Crippen molar-refractivity contribution in [3.63, 3.8) is 0 Å². The molecule has 8 nitrogen and oxygen atoms in total. The number of nitrogens with one attached hydrogen (secondary N) is 2. The summed E-state index contributed by atoms with van der Waals surface area (Å²) in [6.07, 6.45) is 3.49. The number of rotatable bonds is 8. The molecule has 0 atom stereocenters.